The number of nitrogens with zero attached hydrogens (tertiary/aromatic N) is 5. The summed E-state index contributed by atoms with van der Waals surface area (Å²) in [5.74, 6) is -3.09. The molecular formula is C16H14Cl2F3N5O3S. The first-order chi connectivity index (χ1) is 14.0. The number of carbonyl (C=O) groups excluding carboxylic acids is 1. The second-order valence-electron chi connectivity index (χ2n) is 5.50. The van der Waals surface area contributed by atoms with Crippen molar-refractivity contribution in [1.29, 1.82) is 0 Å². The van der Waals surface area contributed by atoms with Crippen molar-refractivity contribution >= 4 is 46.6 Å². The van der Waals surface area contributed by atoms with Gasteiger partial charge in [-0.3, -0.25) is 0 Å². The lowest BCUT2D eigenvalue weighted by atomic mass is 10.3. The molecule has 0 radical (unpaired) electrons. The molecule has 2 rings (SSSR count). The maximum absolute atomic E-state index is 12.8. The van der Waals surface area contributed by atoms with Crippen LogP contribution in [0.1, 0.15) is 12.7 Å². The Morgan fingerprint density at radius 1 is 1.27 bits per heavy atom. The van der Waals surface area contributed by atoms with Crippen LogP contribution in [0.2, 0.25) is 10.0 Å². The Hall–Kier alpha value is -2.31. The Labute approximate surface area is 182 Å². The standard InChI is InChI=1S/C16H14Cl2F3N5O3S/c1-3-29-13(28)12(23-22-10-5-8(17)4-9(18)6-10)11(27)7-30-15-25-24-14(26(15)2)16(19,20)21/h4-6,27H,3,7H2,1-2H3. The van der Waals surface area contributed by atoms with Crippen molar-refractivity contribution in [2.45, 2.75) is 18.3 Å². The van der Waals surface area contributed by atoms with Gasteiger partial charge < -0.3 is 14.4 Å². The molecule has 0 bridgehead atoms. The van der Waals surface area contributed by atoms with E-state index in [0.29, 0.717) is 11.8 Å². The molecule has 0 atom stereocenters. The number of carbonyl (C=O) groups is 1. The molecule has 0 saturated heterocycles. The van der Waals surface area contributed by atoms with E-state index in [2.05, 4.69) is 20.4 Å². The predicted molar refractivity (Wildman–Crippen MR) is 104 cm³/mol. The lowest BCUT2D eigenvalue weighted by Gasteiger charge is -2.07. The van der Waals surface area contributed by atoms with Gasteiger partial charge in [-0.05, 0) is 25.1 Å². The topological polar surface area (TPSA) is 102 Å². The fourth-order valence-corrected chi connectivity index (χ4v) is 3.30. The van der Waals surface area contributed by atoms with E-state index < -0.39 is 29.4 Å². The Morgan fingerprint density at radius 3 is 2.43 bits per heavy atom. The molecule has 2 aromatic rings. The van der Waals surface area contributed by atoms with E-state index in [1.165, 1.54) is 18.2 Å². The molecule has 0 unspecified atom stereocenters. The number of halogens is 5. The number of rotatable bonds is 7. The van der Waals surface area contributed by atoms with Crippen LogP contribution >= 0.6 is 35.0 Å². The second kappa shape index (κ2) is 10.1. The van der Waals surface area contributed by atoms with E-state index >= 15 is 0 Å². The molecule has 1 aromatic heterocycles. The maximum Gasteiger partial charge on any atom is 0.451 e. The smallest absolute Gasteiger partial charge is 0.451 e. The van der Waals surface area contributed by atoms with Crippen molar-refractivity contribution in [1.82, 2.24) is 14.8 Å². The average molecular weight is 484 g/mol. The van der Waals surface area contributed by atoms with E-state index in [1.807, 2.05) is 0 Å². The summed E-state index contributed by atoms with van der Waals surface area (Å²) >= 11 is 12.5. The summed E-state index contributed by atoms with van der Waals surface area (Å²) in [6, 6.07) is 4.31. The number of aliphatic hydroxyl groups excluding tert-OH is 1. The van der Waals surface area contributed by atoms with Gasteiger partial charge in [-0.2, -0.15) is 18.3 Å². The average Bonchev–Trinajstić information content (AvgIpc) is 3.00. The zero-order valence-corrected chi connectivity index (χ0v) is 17.8. The number of aliphatic hydroxyl groups is 1. The minimum absolute atomic E-state index is 0.000498. The molecule has 1 aromatic carbocycles. The number of aromatic nitrogens is 3. The zero-order chi connectivity index (χ0) is 22.5. The van der Waals surface area contributed by atoms with Crippen LogP contribution < -0.4 is 0 Å². The number of hydrogen-bond donors (Lipinski definition) is 1. The summed E-state index contributed by atoms with van der Waals surface area (Å²) in [5.41, 5.74) is -0.323. The number of thioether (sulfide) groups is 1. The summed E-state index contributed by atoms with van der Waals surface area (Å²) in [5, 5.41) is 24.7. The minimum atomic E-state index is -4.68. The molecule has 0 amide bonds. The van der Waals surface area contributed by atoms with Crippen LogP contribution in [-0.4, -0.2) is 38.2 Å². The molecule has 8 nitrogen and oxygen atoms in total. The van der Waals surface area contributed by atoms with E-state index in [-0.39, 0.29) is 33.2 Å². The SMILES string of the molecule is CCOC(=O)C(N=Nc1cc(Cl)cc(Cl)c1)=C(O)CSc1nnc(C(F)(F)F)n1C. The normalized spacial score (nSPS) is 12.9. The summed E-state index contributed by atoms with van der Waals surface area (Å²) in [4.78, 5) is 12.1. The van der Waals surface area contributed by atoms with Gasteiger partial charge in [0.25, 0.3) is 0 Å². The van der Waals surface area contributed by atoms with Crippen LogP contribution in [0.15, 0.2) is 45.0 Å². The Bertz CT molecular complexity index is 975. The van der Waals surface area contributed by atoms with Crippen LogP contribution in [0, 0.1) is 0 Å². The number of ether oxygens (including phenoxy) is 1. The van der Waals surface area contributed by atoms with Gasteiger partial charge in [0.05, 0.1) is 18.0 Å². The Morgan fingerprint density at radius 2 is 1.90 bits per heavy atom. The van der Waals surface area contributed by atoms with Gasteiger partial charge in [0, 0.05) is 17.1 Å². The highest BCUT2D eigenvalue weighted by Crippen LogP contribution is 2.30. The van der Waals surface area contributed by atoms with Crippen molar-refractivity contribution in [3.8, 4) is 0 Å². The number of benzene rings is 1. The first-order valence-corrected chi connectivity index (χ1v) is 9.83. The molecule has 162 valence electrons. The summed E-state index contributed by atoms with van der Waals surface area (Å²) in [7, 11) is 1.13. The second-order valence-corrected chi connectivity index (χ2v) is 7.31. The van der Waals surface area contributed by atoms with E-state index in [1.54, 1.807) is 6.92 Å². The van der Waals surface area contributed by atoms with Crippen LogP contribution in [0.5, 0.6) is 0 Å². The molecule has 0 aliphatic heterocycles. The van der Waals surface area contributed by atoms with Crippen molar-refractivity contribution in [2.24, 2.45) is 17.3 Å². The minimum Gasteiger partial charge on any atom is -0.509 e. The maximum atomic E-state index is 12.8. The molecular weight excluding hydrogens is 470 g/mol. The highest BCUT2D eigenvalue weighted by atomic mass is 35.5. The third-order valence-corrected chi connectivity index (χ3v) is 4.75. The first-order valence-electron chi connectivity index (χ1n) is 8.09. The highest BCUT2D eigenvalue weighted by molar-refractivity contribution is 7.99. The summed E-state index contributed by atoms with van der Waals surface area (Å²) < 4.78 is 43.9. The number of azo groups is 1. The van der Waals surface area contributed by atoms with Gasteiger partial charge in [-0.1, -0.05) is 35.0 Å². The van der Waals surface area contributed by atoms with Crippen LogP contribution in [0.3, 0.4) is 0 Å². The van der Waals surface area contributed by atoms with Crippen molar-refractivity contribution in [3.63, 3.8) is 0 Å². The third kappa shape index (κ3) is 6.34. The summed E-state index contributed by atoms with van der Waals surface area (Å²) in [6.07, 6.45) is -4.68. The fraction of sp³-hybridized carbons (Fsp3) is 0.312. The molecule has 1 N–H and O–H groups in total. The monoisotopic (exact) mass is 483 g/mol. The van der Waals surface area contributed by atoms with Gasteiger partial charge in [0.1, 0.15) is 5.76 Å². The number of esters is 1. The van der Waals surface area contributed by atoms with E-state index in [0.717, 1.165) is 11.6 Å². The largest absolute Gasteiger partial charge is 0.509 e. The van der Waals surface area contributed by atoms with Crippen LogP contribution in [0.25, 0.3) is 0 Å². The van der Waals surface area contributed by atoms with Gasteiger partial charge >= 0.3 is 12.1 Å². The third-order valence-electron chi connectivity index (χ3n) is 3.28. The zero-order valence-electron chi connectivity index (χ0n) is 15.4. The van der Waals surface area contributed by atoms with Gasteiger partial charge in [-0.15, -0.1) is 15.3 Å². The van der Waals surface area contributed by atoms with Crippen molar-refractivity contribution in [2.75, 3.05) is 12.4 Å². The Balaban J connectivity index is 2.27. The molecule has 0 aliphatic carbocycles. The van der Waals surface area contributed by atoms with Crippen molar-refractivity contribution in [3.05, 3.63) is 45.5 Å². The van der Waals surface area contributed by atoms with Gasteiger partial charge in [0.15, 0.2) is 5.16 Å². The molecule has 0 fully saturated rings. The van der Waals surface area contributed by atoms with Crippen LogP contribution in [0.4, 0.5) is 18.9 Å². The predicted octanol–water partition coefficient (Wildman–Crippen LogP) is 5.35. The van der Waals surface area contributed by atoms with Gasteiger partial charge in [-0.25, -0.2) is 4.79 Å². The first kappa shape index (κ1) is 24.0. The van der Waals surface area contributed by atoms with Crippen molar-refractivity contribution < 1.29 is 27.8 Å². The fourth-order valence-electron chi connectivity index (χ4n) is 2.01. The highest BCUT2D eigenvalue weighted by Gasteiger charge is 2.37. The molecule has 1 heterocycles. The lowest BCUT2D eigenvalue weighted by Crippen LogP contribution is -2.13. The van der Waals surface area contributed by atoms with Gasteiger partial charge in [0.2, 0.25) is 11.5 Å². The van der Waals surface area contributed by atoms with E-state index in [9.17, 15) is 23.1 Å². The number of hydrogen-bond acceptors (Lipinski definition) is 8. The molecule has 0 aliphatic rings. The Kier molecular flexibility index (Phi) is 8.10. The van der Waals surface area contributed by atoms with E-state index in [4.69, 9.17) is 27.9 Å². The molecule has 14 heteroatoms. The van der Waals surface area contributed by atoms with Crippen LogP contribution in [-0.2, 0) is 22.8 Å². The quantitative estimate of drug-likeness (QED) is 0.187. The summed E-state index contributed by atoms with van der Waals surface area (Å²) in [6.45, 7) is 1.55. The molecule has 0 spiro atoms. The number of alkyl halides is 3. The molecule has 30 heavy (non-hydrogen) atoms. The lowest BCUT2D eigenvalue weighted by molar-refractivity contribution is -0.147. The molecule has 0 saturated carbocycles.